The van der Waals surface area contributed by atoms with E-state index in [0.29, 0.717) is 32.7 Å². The number of hydrogen-bond donors (Lipinski definition) is 1. The molecule has 1 N–H and O–H groups in total. The molecule has 3 aliphatic heterocycles. The van der Waals surface area contributed by atoms with E-state index in [2.05, 4.69) is 5.32 Å². The molecule has 2 amide bonds. The number of rotatable bonds is 4. The maximum Gasteiger partial charge on any atom is 0.247 e. The Morgan fingerprint density at radius 1 is 1.17 bits per heavy atom. The molecular formula is C20H30ClF2N3O3. The summed E-state index contributed by atoms with van der Waals surface area (Å²) in [5.41, 5.74) is 0. The molecule has 4 aliphatic rings. The molecule has 3 saturated heterocycles. The van der Waals surface area contributed by atoms with Crippen LogP contribution in [0.15, 0.2) is 0 Å². The van der Waals surface area contributed by atoms with Crippen LogP contribution in [0, 0.1) is 17.8 Å². The van der Waals surface area contributed by atoms with E-state index in [1.54, 1.807) is 4.90 Å². The lowest BCUT2D eigenvalue weighted by molar-refractivity contribution is -0.173. The van der Waals surface area contributed by atoms with Gasteiger partial charge in [0.1, 0.15) is 31.1 Å². The highest BCUT2D eigenvalue weighted by atomic mass is 35.5. The van der Waals surface area contributed by atoms with Crippen molar-refractivity contribution in [2.45, 2.75) is 62.5 Å². The summed E-state index contributed by atoms with van der Waals surface area (Å²) in [5, 5.41) is 2.66. The van der Waals surface area contributed by atoms with Crippen molar-refractivity contribution in [1.29, 1.82) is 0 Å². The van der Waals surface area contributed by atoms with Crippen LogP contribution in [-0.2, 0) is 14.3 Å². The van der Waals surface area contributed by atoms with Crippen LogP contribution in [0.5, 0.6) is 0 Å². The van der Waals surface area contributed by atoms with E-state index >= 15 is 0 Å². The molecule has 0 radical (unpaired) electrons. The number of nitrogens with zero attached hydrogens (tertiary/aromatic N) is 2. The van der Waals surface area contributed by atoms with Gasteiger partial charge in [-0.15, -0.1) is 11.6 Å². The molecule has 4 rings (SSSR count). The van der Waals surface area contributed by atoms with Gasteiger partial charge < -0.3 is 14.5 Å². The highest BCUT2D eigenvalue weighted by Gasteiger charge is 2.50. The minimum Gasteiger partial charge on any atom is -0.380 e. The van der Waals surface area contributed by atoms with Crippen LogP contribution in [0.25, 0.3) is 0 Å². The van der Waals surface area contributed by atoms with Crippen LogP contribution in [0.4, 0.5) is 8.78 Å². The molecule has 7 atom stereocenters. The van der Waals surface area contributed by atoms with Gasteiger partial charge >= 0.3 is 0 Å². The van der Waals surface area contributed by atoms with Crippen LogP contribution < -0.4 is 5.32 Å². The maximum atomic E-state index is 14.6. The predicted molar refractivity (Wildman–Crippen MR) is 104 cm³/mol. The summed E-state index contributed by atoms with van der Waals surface area (Å²) in [6.07, 6.45) is -0.807. The molecule has 0 bridgehead atoms. The van der Waals surface area contributed by atoms with Gasteiger partial charge in [-0.25, -0.2) is 8.78 Å². The number of carbonyl (C=O) groups excluding carboxylic acids is 2. The Morgan fingerprint density at radius 3 is 2.55 bits per heavy atom. The molecule has 0 aromatic carbocycles. The summed E-state index contributed by atoms with van der Waals surface area (Å²) in [5.74, 6) is -0.447. The molecule has 1 aliphatic carbocycles. The number of piperidine rings is 1. The smallest absolute Gasteiger partial charge is 0.247 e. The Morgan fingerprint density at radius 2 is 1.93 bits per heavy atom. The number of halogens is 3. The molecule has 0 aromatic rings. The van der Waals surface area contributed by atoms with E-state index in [1.807, 2.05) is 6.92 Å². The van der Waals surface area contributed by atoms with Gasteiger partial charge in [0.25, 0.3) is 0 Å². The number of hydrogen-bond acceptors (Lipinski definition) is 4. The molecule has 4 fully saturated rings. The Balaban J connectivity index is 1.50. The van der Waals surface area contributed by atoms with Crippen molar-refractivity contribution in [2.24, 2.45) is 17.8 Å². The maximum absolute atomic E-state index is 14.6. The van der Waals surface area contributed by atoms with Gasteiger partial charge in [0.2, 0.25) is 11.8 Å². The third kappa shape index (κ3) is 4.26. The number of ether oxygens (including phenoxy) is 1. The number of nitrogens with one attached hydrogen (secondary N) is 1. The minimum atomic E-state index is -1.32. The standard InChI is InChI=1S/C20H30ClF2N3O3/c1-11-2-3-12(4-15(11)22)7-25-17(27)8-26(19-16(23)5-14(21)6-24-19)20(28)18(25)13-9-29-10-13/h11-16,18-19,24H,2-10H2,1H3. The highest BCUT2D eigenvalue weighted by Crippen LogP contribution is 2.34. The summed E-state index contributed by atoms with van der Waals surface area (Å²) in [7, 11) is 0. The molecule has 29 heavy (non-hydrogen) atoms. The number of carbonyl (C=O) groups is 2. The minimum absolute atomic E-state index is 0.0425. The topological polar surface area (TPSA) is 61.9 Å². The van der Waals surface area contributed by atoms with Crippen molar-refractivity contribution in [1.82, 2.24) is 15.1 Å². The van der Waals surface area contributed by atoms with E-state index in [1.165, 1.54) is 4.90 Å². The van der Waals surface area contributed by atoms with Gasteiger partial charge in [-0.05, 0) is 37.5 Å². The van der Waals surface area contributed by atoms with Gasteiger partial charge in [-0.2, -0.15) is 0 Å². The van der Waals surface area contributed by atoms with Crippen molar-refractivity contribution >= 4 is 23.4 Å². The largest absolute Gasteiger partial charge is 0.380 e. The summed E-state index contributed by atoms with van der Waals surface area (Å²) >= 11 is 6.02. The molecule has 1 saturated carbocycles. The Kier molecular flexibility index (Phi) is 6.33. The van der Waals surface area contributed by atoms with Crippen LogP contribution in [0.3, 0.4) is 0 Å². The molecule has 0 spiro atoms. The van der Waals surface area contributed by atoms with Gasteiger partial charge in [0.15, 0.2) is 0 Å². The first kappa shape index (κ1) is 21.2. The number of piperazine rings is 1. The average molecular weight is 434 g/mol. The van der Waals surface area contributed by atoms with E-state index < -0.39 is 24.6 Å². The fourth-order valence-corrected chi connectivity index (χ4v) is 5.31. The van der Waals surface area contributed by atoms with Crippen LogP contribution in [-0.4, -0.2) is 84.4 Å². The van der Waals surface area contributed by atoms with Crippen LogP contribution >= 0.6 is 11.6 Å². The summed E-state index contributed by atoms with van der Waals surface area (Å²) in [6.45, 7) is 3.34. The lowest BCUT2D eigenvalue weighted by Gasteiger charge is -2.50. The number of alkyl halides is 3. The Bertz CT molecular complexity index is 638. The second-order valence-corrected chi connectivity index (χ2v) is 9.75. The molecule has 7 unspecified atom stereocenters. The lowest BCUT2D eigenvalue weighted by atomic mass is 9.80. The Labute approximate surface area is 175 Å². The molecule has 3 heterocycles. The fourth-order valence-electron chi connectivity index (χ4n) is 5.05. The van der Waals surface area contributed by atoms with E-state index in [4.69, 9.17) is 16.3 Å². The third-order valence-electron chi connectivity index (χ3n) is 6.98. The lowest BCUT2D eigenvalue weighted by Crippen LogP contribution is -2.70. The zero-order chi connectivity index (χ0) is 20.7. The normalized spacial score (nSPS) is 42.1. The second-order valence-electron chi connectivity index (χ2n) is 9.13. The molecular weight excluding hydrogens is 404 g/mol. The van der Waals surface area contributed by atoms with Crippen molar-refractivity contribution in [3.05, 3.63) is 0 Å². The molecule has 0 aromatic heterocycles. The van der Waals surface area contributed by atoms with Gasteiger partial charge in [0.05, 0.1) is 13.2 Å². The van der Waals surface area contributed by atoms with Gasteiger partial charge in [-0.1, -0.05) is 6.92 Å². The zero-order valence-corrected chi connectivity index (χ0v) is 17.5. The first-order valence-corrected chi connectivity index (χ1v) is 11.1. The summed E-state index contributed by atoms with van der Waals surface area (Å²) in [4.78, 5) is 29.4. The SMILES string of the molecule is CC1CCC(CN2C(=O)CN(C3NCC(Cl)CC3F)C(=O)C2C2COC2)CC1F. The monoisotopic (exact) mass is 433 g/mol. The van der Waals surface area contributed by atoms with Crippen molar-refractivity contribution in [2.75, 3.05) is 32.8 Å². The van der Waals surface area contributed by atoms with Crippen molar-refractivity contribution in [3.8, 4) is 0 Å². The zero-order valence-electron chi connectivity index (χ0n) is 16.7. The molecule has 164 valence electrons. The van der Waals surface area contributed by atoms with Gasteiger partial charge in [0, 0.05) is 24.4 Å². The first-order valence-electron chi connectivity index (χ1n) is 10.7. The summed E-state index contributed by atoms with van der Waals surface area (Å²) in [6, 6.07) is -0.662. The highest BCUT2D eigenvalue weighted by molar-refractivity contribution is 6.20. The number of amides is 2. The average Bonchev–Trinajstić information content (AvgIpc) is 2.62. The van der Waals surface area contributed by atoms with E-state index in [0.717, 1.165) is 12.8 Å². The second kappa shape index (κ2) is 8.63. The molecule has 9 heteroatoms. The molecule has 6 nitrogen and oxygen atoms in total. The third-order valence-corrected chi connectivity index (χ3v) is 7.31. The first-order chi connectivity index (χ1) is 13.8. The van der Waals surface area contributed by atoms with Crippen LogP contribution in [0.1, 0.15) is 32.6 Å². The van der Waals surface area contributed by atoms with Crippen molar-refractivity contribution < 1.29 is 23.1 Å². The van der Waals surface area contributed by atoms with E-state index in [9.17, 15) is 18.4 Å². The van der Waals surface area contributed by atoms with E-state index in [-0.39, 0.29) is 47.9 Å². The Hall–Kier alpha value is -0.990. The van der Waals surface area contributed by atoms with Crippen molar-refractivity contribution in [3.63, 3.8) is 0 Å². The van der Waals surface area contributed by atoms with Crippen LogP contribution in [0.2, 0.25) is 0 Å². The quantitative estimate of drug-likeness (QED) is 0.686. The fraction of sp³-hybridized carbons (Fsp3) is 0.900. The summed E-state index contributed by atoms with van der Waals surface area (Å²) < 4.78 is 34.1. The predicted octanol–water partition coefficient (Wildman–Crippen LogP) is 1.71. The van der Waals surface area contributed by atoms with Gasteiger partial charge in [-0.3, -0.25) is 14.9 Å².